The van der Waals surface area contributed by atoms with Gasteiger partial charge in [-0.1, -0.05) is 98.8 Å². The summed E-state index contributed by atoms with van der Waals surface area (Å²) in [4.78, 5) is 43.1. The largest absolute Gasteiger partial charge is 0.506 e. The Morgan fingerprint density at radius 3 is 2.12 bits per heavy atom. The van der Waals surface area contributed by atoms with Gasteiger partial charge in [0.15, 0.2) is 5.54 Å². The summed E-state index contributed by atoms with van der Waals surface area (Å²) in [6, 6.07) is 24.9. The number of carbonyl (C=O) groups excluding carboxylic acids is 2. The van der Waals surface area contributed by atoms with Crippen molar-refractivity contribution in [1.82, 2.24) is 20.5 Å². The van der Waals surface area contributed by atoms with Gasteiger partial charge in [0.05, 0.1) is 18.2 Å². The average Bonchev–Trinajstić information content (AvgIpc) is 3.16. The highest BCUT2D eigenvalue weighted by Gasteiger charge is 2.45. The molecule has 1 fully saturated rings. The predicted octanol–water partition coefficient (Wildman–Crippen LogP) is 5.92. The van der Waals surface area contributed by atoms with Gasteiger partial charge in [-0.3, -0.25) is 9.59 Å². The van der Waals surface area contributed by atoms with Crippen LogP contribution in [0.1, 0.15) is 87.5 Å². The lowest BCUT2D eigenvalue weighted by Gasteiger charge is -2.35. The van der Waals surface area contributed by atoms with E-state index in [1.165, 1.54) is 51.2 Å². The molecule has 5 rings (SSSR count). The van der Waals surface area contributed by atoms with Crippen molar-refractivity contribution in [2.75, 3.05) is 39.3 Å². The van der Waals surface area contributed by atoms with Gasteiger partial charge in [-0.2, -0.15) is 0 Å². The smallest absolute Gasteiger partial charge is 0.341 e. The van der Waals surface area contributed by atoms with E-state index in [1.807, 2.05) is 60.7 Å². The summed E-state index contributed by atoms with van der Waals surface area (Å²) in [5.74, 6) is -0.482. The molecule has 0 spiro atoms. The molecular weight excluding hydrogens is 656 g/mol. The first-order valence-electron chi connectivity index (χ1n) is 18.8. The van der Waals surface area contributed by atoms with E-state index in [4.69, 9.17) is 4.74 Å². The van der Waals surface area contributed by atoms with Crippen LogP contribution >= 0.6 is 0 Å². The number of phenols is 1. The fourth-order valence-electron chi connectivity index (χ4n) is 7.28. The molecule has 1 aliphatic rings. The predicted molar refractivity (Wildman–Crippen MR) is 204 cm³/mol. The second-order valence-electron chi connectivity index (χ2n) is 14.0. The van der Waals surface area contributed by atoms with Crippen molar-refractivity contribution < 1.29 is 24.5 Å². The minimum Gasteiger partial charge on any atom is -0.506 e. The van der Waals surface area contributed by atoms with Gasteiger partial charge in [-0.25, -0.2) is 4.79 Å². The molecule has 0 bridgehead atoms. The van der Waals surface area contributed by atoms with E-state index in [-0.39, 0.29) is 17.2 Å². The molecule has 0 radical (unpaired) electrons. The van der Waals surface area contributed by atoms with Gasteiger partial charge >= 0.3 is 5.97 Å². The van der Waals surface area contributed by atoms with E-state index in [0.29, 0.717) is 46.7 Å². The summed E-state index contributed by atoms with van der Waals surface area (Å²) in [6.07, 6.45) is 9.47. The van der Waals surface area contributed by atoms with Crippen LogP contribution in [-0.2, 0) is 19.9 Å². The van der Waals surface area contributed by atoms with Gasteiger partial charge < -0.3 is 35.5 Å². The zero-order valence-electron chi connectivity index (χ0n) is 30.3. The Labute approximate surface area is 306 Å². The first kappa shape index (κ1) is 38.7. The number of unbranched alkanes of at least 4 members (excludes halogenated alkanes) is 6. The number of nitrogens with one attached hydrogen (secondary N) is 3. The zero-order valence-corrected chi connectivity index (χ0v) is 30.3. The van der Waals surface area contributed by atoms with Gasteiger partial charge in [0.25, 0.3) is 0 Å². The highest BCUT2D eigenvalue weighted by molar-refractivity contribution is 5.92. The molecule has 2 heterocycles. The maximum atomic E-state index is 13.9. The average molecular weight is 711 g/mol. The molecule has 1 unspecified atom stereocenters. The Bertz CT molecular complexity index is 1730. The lowest BCUT2D eigenvalue weighted by molar-refractivity contribution is -0.154. The highest BCUT2D eigenvalue weighted by Crippen LogP contribution is 2.32. The van der Waals surface area contributed by atoms with E-state index < -0.39 is 17.6 Å². The highest BCUT2D eigenvalue weighted by atomic mass is 16.5. The Balaban J connectivity index is 0.933. The van der Waals surface area contributed by atoms with Gasteiger partial charge in [-0.05, 0) is 86.6 Å². The number of piperidine rings is 1. The molecule has 0 saturated carbocycles. The van der Waals surface area contributed by atoms with Crippen molar-refractivity contribution in [3.05, 3.63) is 112 Å². The summed E-state index contributed by atoms with van der Waals surface area (Å²) in [5, 5.41) is 27.7. The van der Waals surface area contributed by atoms with Crippen molar-refractivity contribution in [3.63, 3.8) is 0 Å². The second kappa shape index (κ2) is 19.4. The van der Waals surface area contributed by atoms with Crippen molar-refractivity contribution in [3.8, 4) is 5.75 Å². The monoisotopic (exact) mass is 710 g/mol. The Hall–Kier alpha value is -4.51. The number of rotatable bonds is 19. The number of H-pyrrole nitrogens is 1. The van der Waals surface area contributed by atoms with E-state index in [9.17, 15) is 24.6 Å². The number of aromatic amines is 1. The number of aromatic nitrogens is 1. The molecule has 1 amide bonds. The number of ether oxygens (including phenoxy) is 1. The number of carbonyl (C=O) groups is 2. The molecule has 5 N–H and O–H groups in total. The maximum absolute atomic E-state index is 13.9. The molecule has 4 aromatic rings. The summed E-state index contributed by atoms with van der Waals surface area (Å²) >= 11 is 0. The number of amides is 1. The van der Waals surface area contributed by atoms with Gasteiger partial charge in [0.2, 0.25) is 11.5 Å². The van der Waals surface area contributed by atoms with Crippen LogP contribution in [0.2, 0.25) is 0 Å². The number of aromatic hydroxyl groups is 1. The van der Waals surface area contributed by atoms with E-state index in [1.54, 1.807) is 12.1 Å². The second-order valence-corrected chi connectivity index (χ2v) is 14.0. The van der Waals surface area contributed by atoms with Crippen LogP contribution in [0, 0.1) is 5.92 Å². The number of nitrogens with zero attached hydrogens (tertiary/aromatic N) is 1. The van der Waals surface area contributed by atoms with Crippen molar-refractivity contribution in [2.45, 2.75) is 76.4 Å². The van der Waals surface area contributed by atoms with Crippen LogP contribution in [0.15, 0.2) is 89.7 Å². The molecular formula is C42H54N4O6. The standard InChI is InChI=1S/C42H54N4O6/c1-31(47)45-42(33-15-9-7-10-16-33,34-17-11-8-12-18-34)41(51)52-30-32-23-27-46(28-24-32)26-14-6-4-2-3-5-13-25-43-29-38(49)35-19-21-37(48)40-36(35)20-22-39(50)44-40/h7-12,15-22,32,38,43,48-49H,2-6,13-14,23-30H2,1H3,(H,44,50)(H,45,47). The molecule has 10 nitrogen and oxygen atoms in total. The first-order chi connectivity index (χ1) is 25.3. The van der Waals surface area contributed by atoms with Crippen LogP contribution in [0.4, 0.5) is 0 Å². The van der Waals surface area contributed by atoms with Gasteiger partial charge in [0.1, 0.15) is 5.75 Å². The van der Waals surface area contributed by atoms with Crippen LogP contribution < -0.4 is 16.2 Å². The van der Waals surface area contributed by atoms with Crippen molar-refractivity contribution >= 4 is 22.8 Å². The summed E-state index contributed by atoms with van der Waals surface area (Å²) in [5.41, 5.74) is 0.660. The molecule has 1 atom stereocenters. The fraction of sp³-hybridized carbons (Fsp3) is 0.452. The van der Waals surface area contributed by atoms with Crippen LogP contribution in [0.25, 0.3) is 10.9 Å². The van der Waals surface area contributed by atoms with Gasteiger partial charge in [-0.15, -0.1) is 0 Å². The van der Waals surface area contributed by atoms with E-state index in [2.05, 4.69) is 20.5 Å². The number of fused-ring (bicyclic) bond motifs is 1. The molecule has 3 aromatic carbocycles. The number of hydrogen-bond acceptors (Lipinski definition) is 8. The fourth-order valence-corrected chi connectivity index (χ4v) is 7.28. The zero-order chi connectivity index (χ0) is 36.8. The summed E-state index contributed by atoms with van der Waals surface area (Å²) < 4.78 is 6.00. The lowest BCUT2D eigenvalue weighted by atomic mass is 9.82. The lowest BCUT2D eigenvalue weighted by Crippen LogP contribution is -2.53. The first-order valence-corrected chi connectivity index (χ1v) is 18.8. The number of pyridine rings is 1. The number of aliphatic hydroxyl groups excluding tert-OH is 1. The third kappa shape index (κ3) is 10.3. The van der Waals surface area contributed by atoms with Crippen LogP contribution in [0.5, 0.6) is 5.75 Å². The normalized spacial score (nSPS) is 14.7. The van der Waals surface area contributed by atoms with E-state index in [0.717, 1.165) is 51.9 Å². The number of benzene rings is 3. The number of phenolic OH excluding ortho intramolecular Hbond substituents is 1. The minimum absolute atomic E-state index is 0.00852. The molecule has 278 valence electrons. The Morgan fingerprint density at radius 2 is 1.48 bits per heavy atom. The molecule has 10 heteroatoms. The summed E-state index contributed by atoms with van der Waals surface area (Å²) in [6.45, 7) is 6.09. The molecule has 0 aliphatic carbocycles. The van der Waals surface area contributed by atoms with Crippen LogP contribution in [0.3, 0.4) is 0 Å². The van der Waals surface area contributed by atoms with E-state index >= 15 is 0 Å². The molecule has 1 aliphatic heterocycles. The molecule has 1 saturated heterocycles. The number of aliphatic hydroxyl groups is 1. The maximum Gasteiger partial charge on any atom is 0.341 e. The van der Waals surface area contributed by atoms with Crippen LogP contribution in [-0.4, -0.2) is 71.3 Å². The third-order valence-corrected chi connectivity index (χ3v) is 10.2. The third-order valence-electron chi connectivity index (χ3n) is 10.2. The van der Waals surface area contributed by atoms with Crippen molar-refractivity contribution in [1.29, 1.82) is 0 Å². The topological polar surface area (TPSA) is 144 Å². The number of likely N-dealkylation sites (tertiary alicyclic amines) is 1. The Kier molecular flexibility index (Phi) is 14.4. The SMILES string of the molecule is CC(=O)NC(C(=O)OCC1CCN(CCCCCCCCCNCC(O)c2ccc(O)c3[nH]c(=O)ccc23)CC1)(c1ccccc1)c1ccccc1. The number of esters is 1. The van der Waals surface area contributed by atoms with Crippen molar-refractivity contribution in [2.24, 2.45) is 5.92 Å². The quantitative estimate of drug-likeness (QED) is 0.0596. The molecule has 1 aromatic heterocycles. The summed E-state index contributed by atoms with van der Waals surface area (Å²) in [7, 11) is 0. The van der Waals surface area contributed by atoms with Gasteiger partial charge in [0, 0.05) is 24.9 Å². The number of hydrogen-bond donors (Lipinski definition) is 5. The Morgan fingerprint density at radius 1 is 0.865 bits per heavy atom. The minimum atomic E-state index is -1.41. The molecule has 52 heavy (non-hydrogen) atoms.